The first-order chi connectivity index (χ1) is 10.8. The van der Waals surface area contributed by atoms with Gasteiger partial charge in [0.15, 0.2) is 0 Å². The molecule has 23 heavy (non-hydrogen) atoms. The van der Waals surface area contributed by atoms with Gasteiger partial charge in [-0.25, -0.2) is 4.79 Å². The van der Waals surface area contributed by atoms with Gasteiger partial charge in [0.05, 0.1) is 7.11 Å². The molecule has 0 radical (unpaired) electrons. The Morgan fingerprint density at radius 1 is 1.17 bits per heavy atom. The molecule has 2 heteroatoms. The molecule has 1 aliphatic rings. The van der Waals surface area contributed by atoms with Crippen molar-refractivity contribution in [1.82, 2.24) is 0 Å². The third-order valence-corrected chi connectivity index (χ3v) is 4.32. The minimum absolute atomic E-state index is 0.273. The molecule has 0 aromatic heterocycles. The highest BCUT2D eigenvalue weighted by atomic mass is 16.5. The molecular formula is C21H30O2. The van der Waals surface area contributed by atoms with Crippen LogP contribution in [0.3, 0.4) is 0 Å². The van der Waals surface area contributed by atoms with Crippen molar-refractivity contribution < 1.29 is 9.53 Å². The molecule has 0 saturated carbocycles. The molecule has 0 aromatic rings. The van der Waals surface area contributed by atoms with E-state index in [4.69, 9.17) is 0 Å². The summed E-state index contributed by atoms with van der Waals surface area (Å²) in [6.45, 7) is 10.9. The molecule has 0 N–H and O–H groups in total. The molecule has 0 heterocycles. The van der Waals surface area contributed by atoms with Gasteiger partial charge in [-0.2, -0.15) is 0 Å². The van der Waals surface area contributed by atoms with Crippen LogP contribution in [0, 0.1) is 5.41 Å². The number of carbonyl (C=O) groups is 1. The summed E-state index contributed by atoms with van der Waals surface area (Å²) in [5.74, 6) is -0.324. The van der Waals surface area contributed by atoms with Crippen molar-refractivity contribution in [1.29, 1.82) is 0 Å². The summed E-state index contributed by atoms with van der Waals surface area (Å²) in [4.78, 5) is 11.1. The molecule has 0 fully saturated rings. The summed E-state index contributed by atoms with van der Waals surface area (Å²) in [6.07, 6.45) is 15.6. The largest absolute Gasteiger partial charge is 0.466 e. The van der Waals surface area contributed by atoms with Crippen LogP contribution in [0.5, 0.6) is 0 Å². The van der Waals surface area contributed by atoms with Crippen LogP contribution in [0.4, 0.5) is 0 Å². The van der Waals surface area contributed by atoms with Gasteiger partial charge in [-0.05, 0) is 56.6 Å². The predicted molar refractivity (Wildman–Crippen MR) is 98.1 cm³/mol. The van der Waals surface area contributed by atoms with Crippen molar-refractivity contribution in [2.45, 2.75) is 53.9 Å². The fraction of sp³-hybridized carbons (Fsp3) is 0.476. The van der Waals surface area contributed by atoms with Crippen molar-refractivity contribution in [3.05, 3.63) is 58.7 Å². The average molecular weight is 314 g/mol. The topological polar surface area (TPSA) is 26.3 Å². The van der Waals surface area contributed by atoms with E-state index in [2.05, 4.69) is 50.7 Å². The Hall–Kier alpha value is -1.83. The van der Waals surface area contributed by atoms with Crippen molar-refractivity contribution in [3.8, 4) is 0 Å². The fourth-order valence-corrected chi connectivity index (χ4v) is 2.93. The van der Waals surface area contributed by atoms with Crippen LogP contribution in [0.1, 0.15) is 53.9 Å². The Labute approximate surface area is 141 Å². The second-order valence-corrected chi connectivity index (χ2v) is 6.95. The smallest absolute Gasteiger partial charge is 0.330 e. The highest BCUT2D eigenvalue weighted by Gasteiger charge is 2.26. The van der Waals surface area contributed by atoms with Crippen LogP contribution in [0.25, 0.3) is 0 Å². The zero-order valence-corrected chi connectivity index (χ0v) is 15.4. The van der Waals surface area contributed by atoms with Gasteiger partial charge >= 0.3 is 5.97 Å². The Morgan fingerprint density at radius 3 is 2.48 bits per heavy atom. The maximum Gasteiger partial charge on any atom is 0.330 e. The molecule has 0 atom stereocenters. The van der Waals surface area contributed by atoms with Crippen LogP contribution < -0.4 is 0 Å². The van der Waals surface area contributed by atoms with Crippen LogP contribution in [0.2, 0.25) is 0 Å². The van der Waals surface area contributed by atoms with E-state index in [1.165, 1.54) is 49.2 Å². The first-order valence-electron chi connectivity index (χ1n) is 8.26. The van der Waals surface area contributed by atoms with E-state index >= 15 is 0 Å². The highest BCUT2D eigenvalue weighted by molar-refractivity contribution is 5.83. The molecule has 2 nitrogen and oxygen atoms in total. The number of hydrogen-bond donors (Lipinski definition) is 0. The Morgan fingerprint density at radius 2 is 1.87 bits per heavy atom. The Bertz CT molecular complexity index is 581. The maximum atomic E-state index is 11.1. The zero-order valence-electron chi connectivity index (χ0n) is 15.4. The highest BCUT2D eigenvalue weighted by Crippen LogP contribution is 2.40. The second kappa shape index (κ2) is 8.71. The summed E-state index contributed by atoms with van der Waals surface area (Å²) in [5, 5.41) is 0. The van der Waals surface area contributed by atoms with E-state index < -0.39 is 0 Å². The van der Waals surface area contributed by atoms with Crippen molar-refractivity contribution in [2.75, 3.05) is 7.11 Å². The van der Waals surface area contributed by atoms with Gasteiger partial charge in [0.2, 0.25) is 0 Å². The molecule has 1 rings (SSSR count). The van der Waals surface area contributed by atoms with E-state index in [1.807, 2.05) is 19.1 Å². The lowest BCUT2D eigenvalue weighted by Crippen LogP contribution is -2.19. The normalized spacial score (nSPS) is 19.7. The second-order valence-electron chi connectivity index (χ2n) is 6.95. The third-order valence-electron chi connectivity index (χ3n) is 4.32. The molecule has 0 aromatic carbocycles. The fourth-order valence-electron chi connectivity index (χ4n) is 2.93. The summed E-state index contributed by atoms with van der Waals surface area (Å²) in [7, 11) is 1.38. The average Bonchev–Trinajstić information content (AvgIpc) is 2.45. The van der Waals surface area contributed by atoms with E-state index in [0.717, 1.165) is 5.57 Å². The quantitative estimate of drug-likeness (QED) is 0.370. The van der Waals surface area contributed by atoms with E-state index in [1.54, 1.807) is 0 Å². The molecule has 0 bridgehead atoms. The molecule has 0 amide bonds. The Balaban J connectivity index is 2.77. The predicted octanol–water partition coefficient (Wildman–Crippen LogP) is 5.69. The number of carbonyl (C=O) groups excluding carboxylic acids is 1. The number of allylic oxidation sites excluding steroid dienone is 9. The summed E-state index contributed by atoms with van der Waals surface area (Å²) >= 11 is 0. The minimum Gasteiger partial charge on any atom is -0.466 e. The molecule has 0 spiro atoms. The van der Waals surface area contributed by atoms with Gasteiger partial charge in [-0.15, -0.1) is 0 Å². The SMILES string of the molecule is COC(=O)\C=C(C)/C=C/C=C(C)\C=C\C1=C(C)CCCC1(C)C. The lowest BCUT2D eigenvalue weighted by Gasteiger charge is -2.32. The third kappa shape index (κ3) is 6.43. The molecule has 0 unspecified atom stereocenters. The number of rotatable bonds is 5. The standard InChI is InChI=1S/C21H30O2/c1-16(9-7-10-17(2)15-20(22)23-6)12-13-19-18(3)11-8-14-21(19,4)5/h7,9-10,12-13,15H,8,11,14H2,1-6H3/b10-7+,13-12+,16-9-,17-15-. The lowest BCUT2D eigenvalue weighted by molar-refractivity contribution is -0.134. The van der Waals surface area contributed by atoms with Gasteiger partial charge < -0.3 is 4.74 Å². The molecule has 1 aliphatic carbocycles. The van der Waals surface area contributed by atoms with Crippen LogP contribution >= 0.6 is 0 Å². The van der Waals surface area contributed by atoms with Crippen molar-refractivity contribution in [3.63, 3.8) is 0 Å². The number of esters is 1. The monoisotopic (exact) mass is 314 g/mol. The summed E-state index contributed by atoms with van der Waals surface area (Å²) < 4.78 is 4.60. The minimum atomic E-state index is -0.324. The van der Waals surface area contributed by atoms with Gasteiger partial charge in [0, 0.05) is 6.08 Å². The number of hydrogen-bond acceptors (Lipinski definition) is 2. The summed E-state index contributed by atoms with van der Waals surface area (Å²) in [6, 6.07) is 0. The first-order valence-corrected chi connectivity index (χ1v) is 8.26. The van der Waals surface area contributed by atoms with E-state index in [-0.39, 0.29) is 11.4 Å². The lowest BCUT2D eigenvalue weighted by atomic mass is 9.72. The summed E-state index contributed by atoms with van der Waals surface area (Å²) in [5.41, 5.74) is 5.32. The van der Waals surface area contributed by atoms with Crippen molar-refractivity contribution in [2.24, 2.45) is 5.41 Å². The zero-order chi connectivity index (χ0) is 17.5. The first kappa shape index (κ1) is 19.2. The Kier molecular flexibility index (Phi) is 7.28. The number of ether oxygens (including phenoxy) is 1. The van der Waals surface area contributed by atoms with E-state index in [9.17, 15) is 4.79 Å². The van der Waals surface area contributed by atoms with Gasteiger partial charge in [0.25, 0.3) is 0 Å². The van der Waals surface area contributed by atoms with Crippen molar-refractivity contribution >= 4 is 5.97 Å². The van der Waals surface area contributed by atoms with Crippen LogP contribution in [0.15, 0.2) is 58.7 Å². The van der Waals surface area contributed by atoms with Crippen LogP contribution in [-0.2, 0) is 9.53 Å². The molecular weight excluding hydrogens is 284 g/mol. The van der Waals surface area contributed by atoms with Gasteiger partial charge in [0.1, 0.15) is 0 Å². The molecule has 0 aliphatic heterocycles. The van der Waals surface area contributed by atoms with E-state index in [0.29, 0.717) is 0 Å². The van der Waals surface area contributed by atoms with Crippen LogP contribution in [-0.4, -0.2) is 13.1 Å². The molecule has 0 saturated heterocycles. The molecule has 126 valence electrons. The van der Waals surface area contributed by atoms with Gasteiger partial charge in [-0.1, -0.05) is 55.4 Å². The van der Waals surface area contributed by atoms with Gasteiger partial charge in [-0.3, -0.25) is 0 Å². The maximum absolute atomic E-state index is 11.1. The number of methoxy groups -OCH3 is 1.